The van der Waals surface area contributed by atoms with Crippen molar-refractivity contribution in [2.24, 2.45) is 5.41 Å². The highest BCUT2D eigenvalue weighted by Crippen LogP contribution is 2.49. The van der Waals surface area contributed by atoms with E-state index in [9.17, 15) is 14.4 Å². The summed E-state index contributed by atoms with van der Waals surface area (Å²) in [5, 5.41) is 3.02. The number of methoxy groups -OCH3 is 1. The first-order chi connectivity index (χ1) is 13.0. The normalized spacial score (nSPS) is 28.0. The number of nitrogens with zero attached hydrogens (tertiary/aromatic N) is 3. The molecule has 2 fully saturated rings. The molecule has 2 saturated heterocycles. The molecule has 4 heterocycles. The van der Waals surface area contributed by atoms with Crippen molar-refractivity contribution < 1.29 is 19.1 Å². The molecule has 0 N–H and O–H groups in total. The fourth-order valence-electron chi connectivity index (χ4n) is 4.60. The molecule has 0 radical (unpaired) electrons. The van der Waals surface area contributed by atoms with Crippen LogP contribution in [-0.2, 0) is 14.3 Å². The van der Waals surface area contributed by atoms with Gasteiger partial charge in [-0.25, -0.2) is 14.8 Å². The van der Waals surface area contributed by atoms with Gasteiger partial charge in [0.05, 0.1) is 19.2 Å². The molecule has 7 nitrogen and oxygen atoms in total. The Hall–Kier alpha value is -2.83. The van der Waals surface area contributed by atoms with Gasteiger partial charge in [0.25, 0.3) is 11.8 Å². The zero-order valence-corrected chi connectivity index (χ0v) is 15.7. The largest absolute Gasteiger partial charge is 0.453 e. The quantitative estimate of drug-likeness (QED) is 0.606. The molecule has 0 saturated carbocycles. The summed E-state index contributed by atoms with van der Waals surface area (Å²) in [5.41, 5.74) is -0.164. The zero-order valence-electron chi connectivity index (χ0n) is 15.7. The molecular formula is C20H23N3O4. The van der Waals surface area contributed by atoms with Crippen LogP contribution in [0.1, 0.15) is 38.3 Å². The molecule has 0 spiro atoms. The molecule has 3 atom stereocenters. The number of carbonyl (C=O) groups is 3. The van der Waals surface area contributed by atoms with Crippen LogP contribution in [0.3, 0.4) is 0 Å². The summed E-state index contributed by atoms with van der Waals surface area (Å²) < 4.78 is 5.02. The number of fused-ring (bicyclic) bond motifs is 1. The predicted octanol–water partition coefficient (Wildman–Crippen LogP) is 2.47. The van der Waals surface area contributed by atoms with Crippen molar-refractivity contribution in [1.82, 2.24) is 14.9 Å². The highest BCUT2D eigenvalue weighted by molar-refractivity contribution is 6.10. The Balaban J connectivity index is 1.87. The maximum atomic E-state index is 13.3. The Kier molecular flexibility index (Phi) is 3.98. The fourth-order valence-corrected chi connectivity index (χ4v) is 4.60. The molecule has 142 valence electrons. The summed E-state index contributed by atoms with van der Waals surface area (Å²) in [6.07, 6.45) is 3.40. The summed E-state index contributed by atoms with van der Waals surface area (Å²) in [6, 6.07) is 8.68. The molecule has 3 unspecified atom stereocenters. The number of amides is 3. The lowest BCUT2D eigenvalue weighted by molar-refractivity contribution is -0.184. The molecule has 3 amide bonds. The minimum atomic E-state index is -1.06. The monoisotopic (exact) mass is 369 g/mol. The molecule has 1 aromatic rings. The molecule has 27 heavy (non-hydrogen) atoms. The topological polar surface area (TPSA) is 70.2 Å². The van der Waals surface area contributed by atoms with E-state index in [0.717, 1.165) is 5.56 Å². The average molecular weight is 369 g/mol. The first kappa shape index (κ1) is 17.6. The van der Waals surface area contributed by atoms with E-state index in [2.05, 4.69) is 0 Å². The summed E-state index contributed by atoms with van der Waals surface area (Å²) in [7, 11) is 1.33. The second kappa shape index (κ2) is 6.11. The van der Waals surface area contributed by atoms with E-state index in [-0.39, 0.29) is 11.8 Å². The second-order valence-corrected chi connectivity index (χ2v) is 7.11. The number of hydrogen-bond donors (Lipinski definition) is 0. The molecule has 5 rings (SSSR count). The lowest BCUT2D eigenvalue weighted by atomic mass is 9.81. The van der Waals surface area contributed by atoms with E-state index in [4.69, 9.17) is 4.74 Å². The molecule has 4 aliphatic heterocycles. The first-order valence-corrected chi connectivity index (χ1v) is 9.28. The highest BCUT2D eigenvalue weighted by atomic mass is 16.5. The zero-order chi connectivity index (χ0) is 19.3. The van der Waals surface area contributed by atoms with E-state index >= 15 is 0 Å². The summed E-state index contributed by atoms with van der Waals surface area (Å²) in [5.74, 6) is -0.417. The Bertz CT molecular complexity index is 818. The van der Waals surface area contributed by atoms with Crippen molar-refractivity contribution in [3.63, 3.8) is 0 Å². The average Bonchev–Trinajstić information content (AvgIpc) is 2.96. The van der Waals surface area contributed by atoms with Gasteiger partial charge in [-0.1, -0.05) is 50.3 Å². The van der Waals surface area contributed by atoms with Crippen LogP contribution in [0, 0.1) is 5.41 Å². The third-order valence-corrected chi connectivity index (χ3v) is 6.12. The molecule has 0 aliphatic carbocycles. The van der Waals surface area contributed by atoms with Gasteiger partial charge in [0.15, 0.2) is 0 Å². The van der Waals surface area contributed by atoms with E-state index in [1.165, 1.54) is 12.1 Å². The Labute approximate surface area is 158 Å². The fraction of sp³-hybridized carbons (Fsp3) is 0.450. The van der Waals surface area contributed by atoms with Crippen molar-refractivity contribution in [3.05, 3.63) is 48.0 Å². The molecule has 1 aromatic carbocycles. The van der Waals surface area contributed by atoms with Gasteiger partial charge in [0.1, 0.15) is 11.6 Å². The number of ether oxygens (including phenoxy) is 1. The van der Waals surface area contributed by atoms with Gasteiger partial charge in [-0.2, -0.15) is 0 Å². The molecule has 0 aromatic heterocycles. The van der Waals surface area contributed by atoms with E-state index < -0.39 is 29.8 Å². The van der Waals surface area contributed by atoms with E-state index in [0.29, 0.717) is 12.8 Å². The summed E-state index contributed by atoms with van der Waals surface area (Å²) in [4.78, 5) is 40.8. The van der Waals surface area contributed by atoms with E-state index in [1.807, 2.05) is 56.3 Å². The van der Waals surface area contributed by atoms with Crippen LogP contribution < -0.4 is 0 Å². The van der Waals surface area contributed by atoms with Crippen LogP contribution in [-0.4, -0.2) is 52.1 Å². The van der Waals surface area contributed by atoms with Gasteiger partial charge >= 0.3 is 6.09 Å². The number of hydrogen-bond acceptors (Lipinski definition) is 4. The minimum Gasteiger partial charge on any atom is -0.453 e. The number of hydrazine groups is 1. The Morgan fingerprint density at radius 3 is 2.26 bits per heavy atom. The van der Waals surface area contributed by atoms with Crippen LogP contribution in [0.15, 0.2) is 42.5 Å². The van der Waals surface area contributed by atoms with Crippen molar-refractivity contribution >= 4 is 17.9 Å². The van der Waals surface area contributed by atoms with Gasteiger partial charge in [-0.05, 0) is 24.5 Å². The van der Waals surface area contributed by atoms with Crippen molar-refractivity contribution in [2.75, 3.05) is 7.11 Å². The number of carbonyl (C=O) groups excluding carboxylic acids is 3. The van der Waals surface area contributed by atoms with Crippen molar-refractivity contribution in [2.45, 2.75) is 44.9 Å². The molecule has 7 heteroatoms. The maximum Gasteiger partial charge on any atom is 0.412 e. The minimum absolute atomic E-state index is 0.178. The lowest BCUT2D eigenvalue weighted by Crippen LogP contribution is -2.69. The highest BCUT2D eigenvalue weighted by Gasteiger charge is 2.65. The van der Waals surface area contributed by atoms with Crippen molar-refractivity contribution in [1.29, 1.82) is 0 Å². The third kappa shape index (κ3) is 2.11. The van der Waals surface area contributed by atoms with Crippen LogP contribution in [0.2, 0.25) is 0 Å². The lowest BCUT2D eigenvalue weighted by Gasteiger charge is -2.55. The predicted molar refractivity (Wildman–Crippen MR) is 96.9 cm³/mol. The van der Waals surface area contributed by atoms with Crippen LogP contribution >= 0.6 is 0 Å². The van der Waals surface area contributed by atoms with Crippen LogP contribution in [0.25, 0.3) is 0 Å². The third-order valence-electron chi connectivity index (χ3n) is 6.12. The van der Waals surface area contributed by atoms with Gasteiger partial charge in [-0.3, -0.25) is 14.5 Å². The number of benzene rings is 1. The van der Waals surface area contributed by atoms with Gasteiger partial charge in [-0.15, -0.1) is 0 Å². The standard InChI is InChI=1S/C20H23N3O4/c1-4-20(5-2)17(24)22-14-11-12-15(23(22)18(20)25)21(19(26)27-3)16(14)13-9-7-6-8-10-13/h6-12,14-16H,4-5H2,1-3H3. The van der Waals surface area contributed by atoms with Crippen LogP contribution in [0.4, 0.5) is 4.79 Å². The first-order valence-electron chi connectivity index (χ1n) is 9.28. The van der Waals surface area contributed by atoms with E-state index in [1.54, 1.807) is 9.91 Å². The maximum absolute atomic E-state index is 13.3. The van der Waals surface area contributed by atoms with Gasteiger partial charge in [0, 0.05) is 0 Å². The molecule has 2 bridgehead atoms. The SMILES string of the molecule is CCC1(CC)C(=O)N2C3C=CC(N(C(=O)OC)C3c3ccccc3)N2C1=O. The molecular weight excluding hydrogens is 346 g/mol. The Morgan fingerprint density at radius 2 is 1.67 bits per heavy atom. The van der Waals surface area contributed by atoms with Crippen molar-refractivity contribution in [3.8, 4) is 0 Å². The Morgan fingerprint density at radius 1 is 1.04 bits per heavy atom. The van der Waals surface area contributed by atoms with Gasteiger partial charge < -0.3 is 4.74 Å². The van der Waals surface area contributed by atoms with Crippen LogP contribution in [0.5, 0.6) is 0 Å². The summed E-state index contributed by atoms with van der Waals surface area (Å²) in [6.45, 7) is 3.72. The number of rotatable bonds is 3. The molecule has 4 aliphatic rings. The van der Waals surface area contributed by atoms with Gasteiger partial charge in [0.2, 0.25) is 0 Å². The summed E-state index contributed by atoms with van der Waals surface area (Å²) >= 11 is 0. The smallest absolute Gasteiger partial charge is 0.412 e. The second-order valence-electron chi connectivity index (χ2n) is 7.11.